The maximum Gasteiger partial charge on any atom is 0.0696 e. The van der Waals surface area contributed by atoms with Crippen LogP contribution in [0.3, 0.4) is 0 Å². The molecule has 1 nitrogen and oxygen atoms in total. The summed E-state index contributed by atoms with van der Waals surface area (Å²) in [6, 6.07) is 6.01. The summed E-state index contributed by atoms with van der Waals surface area (Å²) < 4.78 is 0. The predicted molar refractivity (Wildman–Crippen MR) is 63.2 cm³/mol. The number of aliphatic hydroxyl groups is 1. The minimum atomic E-state index is 0.0411. The van der Waals surface area contributed by atoms with Crippen LogP contribution in [0.5, 0.6) is 0 Å². The summed E-state index contributed by atoms with van der Waals surface area (Å²) in [5.74, 6) is 0.609. The van der Waals surface area contributed by atoms with Crippen molar-refractivity contribution in [3.63, 3.8) is 0 Å². The molecule has 1 N–H and O–H groups in total. The summed E-state index contributed by atoms with van der Waals surface area (Å²) >= 11 is 6.28. The summed E-state index contributed by atoms with van der Waals surface area (Å²) in [5.41, 5.74) is 2.10. The molecular weight excluding hydrogens is 208 g/mol. The van der Waals surface area contributed by atoms with Gasteiger partial charge in [-0.15, -0.1) is 0 Å². The lowest BCUT2D eigenvalue weighted by molar-refractivity contribution is 0.281. The smallest absolute Gasteiger partial charge is 0.0696 e. The van der Waals surface area contributed by atoms with E-state index in [-0.39, 0.29) is 6.61 Å². The minimum absolute atomic E-state index is 0.0411. The first-order chi connectivity index (χ1) is 7.33. The monoisotopic (exact) mass is 224 g/mol. The molecule has 2 rings (SSSR count). The van der Waals surface area contributed by atoms with Crippen molar-refractivity contribution in [3.8, 4) is 0 Å². The van der Waals surface area contributed by atoms with E-state index in [4.69, 9.17) is 16.7 Å². The first-order valence-corrected chi connectivity index (χ1v) is 6.09. The van der Waals surface area contributed by atoms with Gasteiger partial charge in [-0.2, -0.15) is 0 Å². The number of benzene rings is 1. The normalized spacial score (nSPS) is 18.0. The van der Waals surface area contributed by atoms with Crippen molar-refractivity contribution in [2.45, 2.75) is 44.6 Å². The maximum atomic E-state index is 9.16. The Labute approximate surface area is 96.1 Å². The number of hydrogen-bond acceptors (Lipinski definition) is 1. The van der Waals surface area contributed by atoms with Crippen LogP contribution in [0, 0.1) is 0 Å². The van der Waals surface area contributed by atoms with Crippen molar-refractivity contribution >= 4 is 11.6 Å². The van der Waals surface area contributed by atoms with Gasteiger partial charge in [0.25, 0.3) is 0 Å². The molecule has 1 aliphatic carbocycles. The molecule has 0 amide bonds. The van der Waals surface area contributed by atoms with Gasteiger partial charge in [0.2, 0.25) is 0 Å². The van der Waals surface area contributed by atoms with Gasteiger partial charge in [0.05, 0.1) is 6.61 Å². The van der Waals surface area contributed by atoms with Crippen LogP contribution in [0.2, 0.25) is 5.02 Å². The summed E-state index contributed by atoms with van der Waals surface area (Å²) in [7, 11) is 0. The standard InChI is InChI=1S/C13H17ClO/c14-13-11(9-15)7-4-8-12(13)10-5-2-1-3-6-10/h4,7-8,10,15H,1-3,5-6,9H2. The average Bonchev–Trinajstić information content (AvgIpc) is 2.30. The molecule has 0 aliphatic heterocycles. The van der Waals surface area contributed by atoms with Crippen molar-refractivity contribution in [1.82, 2.24) is 0 Å². The topological polar surface area (TPSA) is 20.2 Å². The van der Waals surface area contributed by atoms with Crippen LogP contribution in [0.4, 0.5) is 0 Å². The molecule has 0 aromatic heterocycles. The van der Waals surface area contributed by atoms with Crippen molar-refractivity contribution in [3.05, 3.63) is 34.3 Å². The fourth-order valence-corrected chi connectivity index (χ4v) is 2.79. The summed E-state index contributed by atoms with van der Waals surface area (Å²) in [6.45, 7) is 0.0411. The van der Waals surface area contributed by atoms with Gasteiger partial charge in [-0.05, 0) is 29.9 Å². The van der Waals surface area contributed by atoms with Gasteiger partial charge in [0.15, 0.2) is 0 Å². The molecule has 0 spiro atoms. The van der Waals surface area contributed by atoms with Gasteiger partial charge >= 0.3 is 0 Å². The van der Waals surface area contributed by atoms with Crippen LogP contribution in [0.25, 0.3) is 0 Å². The zero-order chi connectivity index (χ0) is 10.7. The van der Waals surface area contributed by atoms with Crippen LogP contribution in [-0.4, -0.2) is 5.11 Å². The van der Waals surface area contributed by atoms with Crippen LogP contribution in [0.15, 0.2) is 18.2 Å². The second-order valence-corrected chi connectivity index (χ2v) is 4.69. The van der Waals surface area contributed by atoms with Gasteiger partial charge in [-0.3, -0.25) is 0 Å². The first kappa shape index (κ1) is 11.0. The Morgan fingerprint density at radius 1 is 1.20 bits per heavy atom. The second-order valence-electron chi connectivity index (χ2n) is 4.31. The van der Waals surface area contributed by atoms with E-state index in [0.29, 0.717) is 5.92 Å². The van der Waals surface area contributed by atoms with E-state index < -0.39 is 0 Å². The molecule has 0 bridgehead atoms. The molecule has 15 heavy (non-hydrogen) atoms. The van der Waals surface area contributed by atoms with Gasteiger partial charge in [-0.1, -0.05) is 49.1 Å². The Morgan fingerprint density at radius 3 is 2.60 bits per heavy atom. The molecule has 0 atom stereocenters. The number of hydrogen-bond donors (Lipinski definition) is 1. The Hall–Kier alpha value is -0.530. The molecular formula is C13H17ClO. The van der Waals surface area contributed by atoms with E-state index in [1.807, 2.05) is 12.1 Å². The average molecular weight is 225 g/mol. The molecule has 0 heterocycles. The lowest BCUT2D eigenvalue weighted by Gasteiger charge is -2.23. The van der Waals surface area contributed by atoms with Crippen molar-refractivity contribution in [1.29, 1.82) is 0 Å². The van der Waals surface area contributed by atoms with E-state index in [0.717, 1.165) is 10.6 Å². The Kier molecular flexibility index (Phi) is 3.66. The van der Waals surface area contributed by atoms with E-state index in [1.165, 1.54) is 37.7 Å². The van der Waals surface area contributed by atoms with E-state index in [9.17, 15) is 0 Å². The van der Waals surface area contributed by atoms with Crippen LogP contribution in [0.1, 0.15) is 49.1 Å². The Morgan fingerprint density at radius 2 is 1.93 bits per heavy atom. The Bertz CT molecular complexity index is 329. The molecule has 1 aliphatic rings. The molecule has 1 aromatic carbocycles. The zero-order valence-corrected chi connectivity index (χ0v) is 9.63. The number of aliphatic hydroxyl groups excluding tert-OH is 1. The lowest BCUT2D eigenvalue weighted by atomic mass is 9.83. The third kappa shape index (κ3) is 2.35. The molecule has 1 saturated carbocycles. The Balaban J connectivity index is 2.26. The summed E-state index contributed by atoms with van der Waals surface area (Å²) in [4.78, 5) is 0. The molecule has 2 heteroatoms. The number of rotatable bonds is 2. The highest BCUT2D eigenvalue weighted by atomic mass is 35.5. The third-order valence-corrected chi connectivity index (χ3v) is 3.78. The summed E-state index contributed by atoms with van der Waals surface area (Å²) in [6.07, 6.45) is 6.46. The lowest BCUT2D eigenvalue weighted by Crippen LogP contribution is -2.06. The van der Waals surface area contributed by atoms with Crippen LogP contribution >= 0.6 is 11.6 Å². The van der Waals surface area contributed by atoms with Crippen molar-refractivity contribution < 1.29 is 5.11 Å². The van der Waals surface area contributed by atoms with Crippen molar-refractivity contribution in [2.24, 2.45) is 0 Å². The SMILES string of the molecule is OCc1cccc(C2CCCCC2)c1Cl. The first-order valence-electron chi connectivity index (χ1n) is 5.71. The third-order valence-electron chi connectivity index (χ3n) is 3.32. The fourth-order valence-electron chi connectivity index (χ4n) is 2.45. The molecule has 1 aromatic rings. The van der Waals surface area contributed by atoms with E-state index in [1.54, 1.807) is 0 Å². The van der Waals surface area contributed by atoms with Crippen LogP contribution in [-0.2, 0) is 6.61 Å². The van der Waals surface area contributed by atoms with E-state index in [2.05, 4.69) is 6.07 Å². The molecule has 82 valence electrons. The minimum Gasteiger partial charge on any atom is -0.392 e. The largest absolute Gasteiger partial charge is 0.392 e. The van der Waals surface area contributed by atoms with Crippen LogP contribution < -0.4 is 0 Å². The second kappa shape index (κ2) is 5.00. The zero-order valence-electron chi connectivity index (χ0n) is 8.88. The fraction of sp³-hybridized carbons (Fsp3) is 0.538. The highest BCUT2D eigenvalue weighted by Gasteiger charge is 2.18. The van der Waals surface area contributed by atoms with Crippen molar-refractivity contribution in [2.75, 3.05) is 0 Å². The highest BCUT2D eigenvalue weighted by molar-refractivity contribution is 6.32. The molecule has 0 radical (unpaired) electrons. The van der Waals surface area contributed by atoms with Gasteiger partial charge in [0.1, 0.15) is 0 Å². The summed E-state index contributed by atoms with van der Waals surface area (Å²) in [5, 5.41) is 9.94. The molecule has 0 saturated heterocycles. The maximum absolute atomic E-state index is 9.16. The van der Waals surface area contributed by atoms with E-state index >= 15 is 0 Å². The van der Waals surface area contributed by atoms with Gasteiger partial charge in [0, 0.05) is 5.02 Å². The highest BCUT2D eigenvalue weighted by Crippen LogP contribution is 2.37. The predicted octanol–water partition coefficient (Wildman–Crippen LogP) is 3.88. The quantitative estimate of drug-likeness (QED) is 0.809. The van der Waals surface area contributed by atoms with Gasteiger partial charge < -0.3 is 5.11 Å². The van der Waals surface area contributed by atoms with Gasteiger partial charge in [-0.25, -0.2) is 0 Å². The molecule has 0 unspecified atom stereocenters. The number of halogens is 1. The molecule has 1 fully saturated rings.